The lowest BCUT2D eigenvalue weighted by atomic mass is 9.99. The van der Waals surface area contributed by atoms with Crippen LogP contribution >= 0.6 is 0 Å². The average molecular weight is 267 g/mol. The van der Waals surface area contributed by atoms with E-state index in [0.29, 0.717) is 12.3 Å². The van der Waals surface area contributed by atoms with E-state index < -0.39 is 0 Å². The van der Waals surface area contributed by atoms with Crippen molar-refractivity contribution in [2.75, 3.05) is 6.54 Å². The van der Waals surface area contributed by atoms with E-state index in [1.807, 2.05) is 0 Å². The zero-order valence-corrected chi connectivity index (χ0v) is 12.0. The van der Waals surface area contributed by atoms with Crippen LogP contribution in [-0.2, 0) is 11.3 Å². The number of ether oxygens (including phenoxy) is 1. The second kappa shape index (κ2) is 4.87. The minimum atomic E-state index is 0.343. The van der Waals surface area contributed by atoms with Gasteiger partial charge in [-0.05, 0) is 41.2 Å². The highest BCUT2D eigenvalue weighted by molar-refractivity contribution is 5.82. The Morgan fingerprint density at radius 2 is 1.95 bits per heavy atom. The Kier molecular flexibility index (Phi) is 3.01. The molecule has 0 aromatic heterocycles. The third-order valence-corrected chi connectivity index (χ3v) is 4.66. The number of nitrogens with zero attached hydrogens (tertiary/aromatic N) is 1. The van der Waals surface area contributed by atoms with Gasteiger partial charge >= 0.3 is 0 Å². The van der Waals surface area contributed by atoms with Crippen molar-refractivity contribution in [3.05, 3.63) is 48.0 Å². The van der Waals surface area contributed by atoms with Crippen molar-refractivity contribution < 1.29 is 4.74 Å². The van der Waals surface area contributed by atoms with Gasteiger partial charge in [-0.3, -0.25) is 4.90 Å². The molecule has 2 saturated heterocycles. The quantitative estimate of drug-likeness (QED) is 0.820. The van der Waals surface area contributed by atoms with Crippen LogP contribution in [0.5, 0.6) is 0 Å². The van der Waals surface area contributed by atoms with Gasteiger partial charge in [-0.2, -0.15) is 0 Å². The van der Waals surface area contributed by atoms with Crippen LogP contribution in [0.15, 0.2) is 42.5 Å². The number of hydrogen-bond acceptors (Lipinski definition) is 2. The summed E-state index contributed by atoms with van der Waals surface area (Å²) in [5.41, 5.74) is 1.40. The minimum Gasteiger partial charge on any atom is -0.359 e. The third-order valence-electron chi connectivity index (χ3n) is 4.66. The summed E-state index contributed by atoms with van der Waals surface area (Å²) in [7, 11) is 0. The van der Waals surface area contributed by atoms with E-state index >= 15 is 0 Å². The molecule has 0 radical (unpaired) electrons. The average Bonchev–Trinajstić information content (AvgIpc) is 2.73. The molecule has 0 saturated carbocycles. The number of benzene rings is 2. The van der Waals surface area contributed by atoms with Gasteiger partial charge in [0.1, 0.15) is 6.23 Å². The normalized spacial score (nSPS) is 29.9. The summed E-state index contributed by atoms with van der Waals surface area (Å²) in [6, 6.07) is 15.4. The van der Waals surface area contributed by atoms with Crippen molar-refractivity contribution in [3.8, 4) is 0 Å². The highest BCUT2D eigenvalue weighted by Gasteiger charge is 2.38. The molecule has 2 aromatic carbocycles. The van der Waals surface area contributed by atoms with Crippen LogP contribution in [0.1, 0.15) is 25.3 Å². The van der Waals surface area contributed by atoms with Gasteiger partial charge in [0.05, 0.1) is 6.10 Å². The maximum Gasteiger partial charge on any atom is 0.111 e. The molecule has 2 nitrogen and oxygen atoms in total. The zero-order chi connectivity index (χ0) is 13.5. The summed E-state index contributed by atoms with van der Waals surface area (Å²) in [5, 5.41) is 2.66. The zero-order valence-electron chi connectivity index (χ0n) is 12.0. The van der Waals surface area contributed by atoms with Gasteiger partial charge in [-0.1, -0.05) is 43.3 Å². The predicted molar refractivity (Wildman–Crippen MR) is 81.4 cm³/mol. The van der Waals surface area contributed by atoms with Crippen molar-refractivity contribution in [1.82, 2.24) is 4.90 Å². The Balaban J connectivity index is 1.56. The lowest BCUT2D eigenvalue weighted by Crippen LogP contribution is -2.31. The van der Waals surface area contributed by atoms with Gasteiger partial charge in [0.25, 0.3) is 0 Å². The Labute approximate surface area is 120 Å². The van der Waals surface area contributed by atoms with Crippen LogP contribution in [-0.4, -0.2) is 23.8 Å². The highest BCUT2D eigenvalue weighted by Crippen LogP contribution is 2.34. The van der Waals surface area contributed by atoms with E-state index in [4.69, 9.17) is 4.74 Å². The molecule has 0 amide bonds. The smallest absolute Gasteiger partial charge is 0.111 e. The van der Waals surface area contributed by atoms with Crippen LogP contribution in [0.25, 0.3) is 10.8 Å². The number of rotatable bonds is 2. The molecule has 0 aliphatic carbocycles. The SMILES string of the molecule is C[C@H]1C[C@@H]2CN(Cc3ccc4ccccc4c3)[C@H](C1)O2. The molecule has 2 aromatic rings. The van der Waals surface area contributed by atoms with Gasteiger partial charge in [-0.25, -0.2) is 0 Å². The van der Waals surface area contributed by atoms with Crippen LogP contribution < -0.4 is 0 Å². The first-order chi connectivity index (χ1) is 9.78. The molecule has 2 fully saturated rings. The van der Waals surface area contributed by atoms with Gasteiger partial charge in [0.2, 0.25) is 0 Å². The van der Waals surface area contributed by atoms with Crippen LogP contribution in [0.4, 0.5) is 0 Å². The number of fused-ring (bicyclic) bond motifs is 3. The van der Waals surface area contributed by atoms with Crippen LogP contribution in [0, 0.1) is 5.92 Å². The maximum absolute atomic E-state index is 6.07. The van der Waals surface area contributed by atoms with E-state index in [2.05, 4.69) is 54.3 Å². The van der Waals surface area contributed by atoms with E-state index in [0.717, 1.165) is 19.0 Å². The first-order valence-corrected chi connectivity index (χ1v) is 7.65. The van der Waals surface area contributed by atoms with Gasteiger partial charge in [-0.15, -0.1) is 0 Å². The first kappa shape index (κ1) is 12.4. The number of hydrogen-bond donors (Lipinski definition) is 0. The molecule has 104 valence electrons. The summed E-state index contributed by atoms with van der Waals surface area (Å²) in [6.07, 6.45) is 3.22. The molecular formula is C18H21NO. The molecule has 20 heavy (non-hydrogen) atoms. The lowest BCUT2D eigenvalue weighted by Gasteiger charge is -2.27. The Morgan fingerprint density at radius 3 is 2.85 bits per heavy atom. The molecule has 0 unspecified atom stereocenters. The fourth-order valence-corrected chi connectivity index (χ4v) is 3.69. The van der Waals surface area contributed by atoms with Crippen LogP contribution in [0.3, 0.4) is 0 Å². The van der Waals surface area contributed by atoms with Crippen molar-refractivity contribution in [2.45, 2.75) is 38.6 Å². The summed E-state index contributed by atoms with van der Waals surface area (Å²) < 4.78 is 6.07. The van der Waals surface area contributed by atoms with Crippen molar-refractivity contribution in [2.24, 2.45) is 5.92 Å². The van der Waals surface area contributed by atoms with E-state index in [1.54, 1.807) is 0 Å². The summed E-state index contributed by atoms with van der Waals surface area (Å²) in [5.74, 6) is 0.806. The summed E-state index contributed by atoms with van der Waals surface area (Å²) in [6.45, 7) is 4.46. The van der Waals surface area contributed by atoms with E-state index in [9.17, 15) is 0 Å². The van der Waals surface area contributed by atoms with Gasteiger partial charge in [0, 0.05) is 13.1 Å². The molecule has 2 aliphatic rings. The largest absolute Gasteiger partial charge is 0.359 e. The van der Waals surface area contributed by atoms with Gasteiger partial charge in [0.15, 0.2) is 0 Å². The molecule has 0 N–H and O–H groups in total. The summed E-state index contributed by atoms with van der Waals surface area (Å²) in [4.78, 5) is 2.51. The van der Waals surface area contributed by atoms with Crippen molar-refractivity contribution >= 4 is 10.8 Å². The molecule has 0 spiro atoms. The molecule has 2 heteroatoms. The monoisotopic (exact) mass is 267 g/mol. The predicted octanol–water partition coefficient (Wildman–Crippen LogP) is 3.80. The summed E-state index contributed by atoms with van der Waals surface area (Å²) >= 11 is 0. The second-order valence-corrected chi connectivity index (χ2v) is 6.40. The molecule has 3 atom stereocenters. The molecule has 4 rings (SSSR count). The Hall–Kier alpha value is -1.38. The van der Waals surface area contributed by atoms with E-state index in [1.165, 1.54) is 29.2 Å². The van der Waals surface area contributed by atoms with Crippen LogP contribution in [0.2, 0.25) is 0 Å². The second-order valence-electron chi connectivity index (χ2n) is 6.40. The molecular weight excluding hydrogens is 246 g/mol. The fourth-order valence-electron chi connectivity index (χ4n) is 3.69. The molecule has 2 heterocycles. The first-order valence-electron chi connectivity index (χ1n) is 7.65. The molecule has 2 aliphatic heterocycles. The minimum absolute atomic E-state index is 0.343. The standard InChI is InChI=1S/C18H21NO/c1-13-8-17-12-19(18(9-13)20-17)11-14-6-7-15-4-2-3-5-16(15)10-14/h2-7,10,13,17-18H,8-9,11-12H2,1H3/t13-,17+,18-/m0/s1. The third kappa shape index (κ3) is 2.23. The highest BCUT2D eigenvalue weighted by atomic mass is 16.5. The number of likely N-dealkylation sites (tertiary alicyclic amines) is 1. The van der Waals surface area contributed by atoms with Crippen molar-refractivity contribution in [3.63, 3.8) is 0 Å². The lowest BCUT2D eigenvalue weighted by molar-refractivity contribution is -0.0529. The Bertz CT molecular complexity index is 624. The topological polar surface area (TPSA) is 12.5 Å². The van der Waals surface area contributed by atoms with Crippen molar-refractivity contribution in [1.29, 1.82) is 0 Å². The maximum atomic E-state index is 6.07. The van der Waals surface area contributed by atoms with E-state index in [-0.39, 0.29) is 0 Å². The molecule has 2 bridgehead atoms. The Morgan fingerprint density at radius 1 is 1.10 bits per heavy atom. The fraction of sp³-hybridized carbons (Fsp3) is 0.444. The van der Waals surface area contributed by atoms with Gasteiger partial charge < -0.3 is 4.74 Å².